The van der Waals surface area contributed by atoms with E-state index in [1.165, 1.54) is 70.6 Å². The standard InChI is InChI=1S/C66H109NO13/c1-3-5-7-9-11-13-15-16-17-18-19-20-21-22-23-24-25-26-27-28-29-30-31-32-33-34-35-36-37-38-40-42-44-46-48-50-58(71)67-54(55(70)49-47-45-43-41-39-14-12-10-8-6-4-2)53-77-65-63(76)61(74)64(57(52-69)79-65)80-66-62(75)60(73)59(72)56(51-68)78-66/h5,7,11,13,16-17,19-20,22-23,25-26,28-29,31-32,39,41,47,49,54-57,59-66,68-70,72-76H,3-4,6,8-10,12,14-15,18,21,24,27,30,33-38,40,42-46,48,50-53H2,1-2H3,(H,67,71)/b7-5-,13-11-,17-16-,20-19-,23-22-,26-25-,29-28-,32-31-,41-39+,49-47+. The lowest BCUT2D eigenvalue weighted by Gasteiger charge is -2.46. The molecule has 9 N–H and O–H groups in total. The molecule has 0 aromatic heterocycles. The van der Waals surface area contributed by atoms with Crippen molar-refractivity contribution in [3.63, 3.8) is 0 Å². The van der Waals surface area contributed by atoms with Crippen LogP contribution in [0.15, 0.2) is 122 Å². The van der Waals surface area contributed by atoms with Gasteiger partial charge in [-0.15, -0.1) is 0 Å². The van der Waals surface area contributed by atoms with Gasteiger partial charge in [0.15, 0.2) is 12.6 Å². The van der Waals surface area contributed by atoms with E-state index in [9.17, 15) is 45.6 Å². The third-order valence-electron chi connectivity index (χ3n) is 14.1. The van der Waals surface area contributed by atoms with Crippen molar-refractivity contribution in [1.29, 1.82) is 0 Å². The zero-order valence-electron chi connectivity index (χ0n) is 49.0. The number of allylic oxidation sites excluding steroid dienone is 19. The second-order valence-electron chi connectivity index (χ2n) is 21.1. The molecular weight excluding hydrogens is 1010 g/mol. The minimum absolute atomic E-state index is 0.260. The summed E-state index contributed by atoms with van der Waals surface area (Å²) in [4.78, 5) is 13.2. The number of unbranched alkanes of at least 4 members (excludes halogenated alkanes) is 16. The fourth-order valence-electron chi connectivity index (χ4n) is 9.20. The van der Waals surface area contributed by atoms with Gasteiger partial charge in [-0.25, -0.2) is 0 Å². The van der Waals surface area contributed by atoms with Crippen molar-refractivity contribution >= 4 is 5.91 Å². The molecule has 456 valence electrons. The number of nitrogens with one attached hydrogen (secondary N) is 1. The molecule has 0 spiro atoms. The smallest absolute Gasteiger partial charge is 0.220 e. The molecule has 2 fully saturated rings. The lowest BCUT2D eigenvalue weighted by Crippen LogP contribution is -2.65. The van der Waals surface area contributed by atoms with Gasteiger partial charge in [0.05, 0.1) is 32.0 Å². The zero-order valence-corrected chi connectivity index (χ0v) is 49.0. The lowest BCUT2D eigenvalue weighted by atomic mass is 9.97. The van der Waals surface area contributed by atoms with Crippen LogP contribution in [0.2, 0.25) is 0 Å². The predicted octanol–water partition coefficient (Wildman–Crippen LogP) is 11.0. The van der Waals surface area contributed by atoms with Crippen LogP contribution in [0.1, 0.15) is 194 Å². The second-order valence-corrected chi connectivity index (χ2v) is 21.1. The van der Waals surface area contributed by atoms with Gasteiger partial charge in [-0.2, -0.15) is 0 Å². The number of ether oxygens (including phenoxy) is 4. The zero-order chi connectivity index (χ0) is 58.1. The molecule has 1 amide bonds. The Morgan fingerprint density at radius 2 is 0.875 bits per heavy atom. The summed E-state index contributed by atoms with van der Waals surface area (Å²) < 4.78 is 22.7. The molecule has 0 aromatic carbocycles. The number of hydrogen-bond donors (Lipinski definition) is 9. The molecule has 0 saturated carbocycles. The van der Waals surface area contributed by atoms with Crippen LogP contribution in [-0.4, -0.2) is 140 Å². The van der Waals surface area contributed by atoms with Crippen LogP contribution >= 0.6 is 0 Å². The van der Waals surface area contributed by atoms with E-state index in [1.807, 2.05) is 6.08 Å². The molecule has 2 heterocycles. The van der Waals surface area contributed by atoms with E-state index in [1.54, 1.807) is 6.08 Å². The minimum atomic E-state index is -1.80. The Kier molecular flexibility index (Phi) is 45.3. The summed E-state index contributed by atoms with van der Waals surface area (Å²) in [7, 11) is 0. The Balaban J connectivity index is 1.65. The average Bonchev–Trinajstić information content (AvgIpc) is 3.46. The summed E-state index contributed by atoms with van der Waals surface area (Å²) in [6.07, 6.45) is 55.4. The maximum atomic E-state index is 13.2. The van der Waals surface area contributed by atoms with Crippen molar-refractivity contribution in [3.05, 3.63) is 122 Å². The van der Waals surface area contributed by atoms with Crippen LogP contribution in [-0.2, 0) is 23.7 Å². The molecular formula is C66H109NO13. The first kappa shape index (κ1) is 72.5. The van der Waals surface area contributed by atoms with Crippen LogP contribution in [0.5, 0.6) is 0 Å². The Labute approximate surface area is 482 Å². The first-order valence-corrected chi connectivity index (χ1v) is 30.8. The number of rotatable bonds is 47. The van der Waals surface area contributed by atoms with Gasteiger partial charge in [0.2, 0.25) is 5.91 Å². The molecule has 0 radical (unpaired) electrons. The highest BCUT2D eigenvalue weighted by atomic mass is 16.7. The number of carbonyl (C=O) groups excluding carboxylic acids is 1. The van der Waals surface area contributed by atoms with Gasteiger partial charge < -0.3 is 65.1 Å². The summed E-state index contributed by atoms with van der Waals surface area (Å²) in [5.41, 5.74) is 0. The fourth-order valence-corrected chi connectivity index (χ4v) is 9.20. The summed E-state index contributed by atoms with van der Waals surface area (Å²) in [6, 6.07) is -0.940. The largest absolute Gasteiger partial charge is 0.394 e. The number of aliphatic hydroxyl groups is 8. The van der Waals surface area contributed by atoms with E-state index in [4.69, 9.17) is 18.9 Å². The third kappa shape index (κ3) is 34.7. The van der Waals surface area contributed by atoms with Gasteiger partial charge >= 0.3 is 0 Å². The molecule has 2 rings (SSSR count). The van der Waals surface area contributed by atoms with Crippen molar-refractivity contribution < 1.29 is 64.6 Å². The summed E-state index contributed by atoms with van der Waals surface area (Å²) >= 11 is 0. The van der Waals surface area contributed by atoms with E-state index >= 15 is 0 Å². The lowest BCUT2D eigenvalue weighted by molar-refractivity contribution is -0.359. The summed E-state index contributed by atoms with van der Waals surface area (Å²) in [5.74, 6) is -0.262. The van der Waals surface area contributed by atoms with Gasteiger partial charge in [0, 0.05) is 6.42 Å². The van der Waals surface area contributed by atoms with Crippen molar-refractivity contribution in [2.24, 2.45) is 0 Å². The van der Waals surface area contributed by atoms with Crippen LogP contribution in [0.25, 0.3) is 0 Å². The molecule has 2 aliphatic heterocycles. The van der Waals surface area contributed by atoms with E-state index in [0.29, 0.717) is 12.8 Å². The van der Waals surface area contributed by atoms with Gasteiger partial charge in [0.25, 0.3) is 0 Å². The first-order chi connectivity index (χ1) is 39.1. The van der Waals surface area contributed by atoms with E-state index < -0.39 is 86.8 Å². The van der Waals surface area contributed by atoms with Crippen LogP contribution in [0.4, 0.5) is 0 Å². The third-order valence-corrected chi connectivity index (χ3v) is 14.1. The number of carbonyl (C=O) groups is 1. The van der Waals surface area contributed by atoms with Crippen molar-refractivity contribution in [3.8, 4) is 0 Å². The maximum absolute atomic E-state index is 13.2. The molecule has 0 bridgehead atoms. The normalized spacial score (nSPS) is 25.1. The van der Waals surface area contributed by atoms with Crippen molar-refractivity contribution in [1.82, 2.24) is 5.32 Å². The summed E-state index contributed by atoms with van der Waals surface area (Å²) in [5, 5.41) is 86.9. The molecule has 2 aliphatic rings. The molecule has 12 unspecified atom stereocenters. The number of hydrogen-bond acceptors (Lipinski definition) is 13. The first-order valence-electron chi connectivity index (χ1n) is 30.8. The molecule has 14 nitrogen and oxygen atoms in total. The highest BCUT2D eigenvalue weighted by molar-refractivity contribution is 5.76. The molecule has 12 atom stereocenters. The van der Waals surface area contributed by atoms with Crippen LogP contribution < -0.4 is 5.32 Å². The maximum Gasteiger partial charge on any atom is 0.220 e. The van der Waals surface area contributed by atoms with Gasteiger partial charge in [-0.05, 0) is 96.3 Å². The monoisotopic (exact) mass is 1120 g/mol. The van der Waals surface area contributed by atoms with Gasteiger partial charge in [0.1, 0.15) is 48.8 Å². The molecule has 2 saturated heterocycles. The molecule has 80 heavy (non-hydrogen) atoms. The van der Waals surface area contributed by atoms with Crippen molar-refractivity contribution in [2.75, 3.05) is 19.8 Å². The van der Waals surface area contributed by atoms with Gasteiger partial charge in [-0.1, -0.05) is 212 Å². The highest BCUT2D eigenvalue weighted by Gasteiger charge is 2.51. The van der Waals surface area contributed by atoms with Crippen molar-refractivity contribution in [2.45, 2.75) is 267 Å². The Morgan fingerprint density at radius 1 is 0.463 bits per heavy atom. The molecule has 14 heteroatoms. The summed E-state index contributed by atoms with van der Waals surface area (Å²) in [6.45, 7) is 2.61. The molecule has 0 aromatic rings. The minimum Gasteiger partial charge on any atom is -0.394 e. The van der Waals surface area contributed by atoms with Gasteiger partial charge in [-0.3, -0.25) is 4.79 Å². The Morgan fingerprint density at radius 3 is 1.38 bits per heavy atom. The van der Waals surface area contributed by atoms with E-state index in [2.05, 4.69) is 129 Å². The van der Waals surface area contributed by atoms with Crippen LogP contribution in [0.3, 0.4) is 0 Å². The average molecular weight is 1120 g/mol. The predicted molar refractivity (Wildman–Crippen MR) is 322 cm³/mol. The van der Waals surface area contributed by atoms with E-state index in [0.717, 1.165) is 89.9 Å². The number of amides is 1. The number of aliphatic hydroxyl groups excluding tert-OH is 8. The second kappa shape index (κ2) is 50.0. The fraction of sp³-hybridized carbons (Fsp3) is 0.682. The highest BCUT2D eigenvalue weighted by Crippen LogP contribution is 2.30. The molecule has 0 aliphatic carbocycles. The Hall–Kier alpha value is -3.61. The van der Waals surface area contributed by atoms with E-state index in [-0.39, 0.29) is 18.9 Å². The quantitative estimate of drug-likeness (QED) is 0.0204. The van der Waals surface area contributed by atoms with Crippen LogP contribution in [0, 0.1) is 0 Å². The SMILES string of the molecule is CC/C=C\C/C=C\C/C=C\C/C=C\C/C=C\C/C=C\C/C=C\C/C=C\CCCCCCCCCCCCC(=O)NC(COC1OC(CO)C(OC2OC(CO)C(O)C(O)C2O)C(O)C1O)C(O)/C=C/CC/C=C/CCCCCCC. The Bertz CT molecular complexity index is 1800. The topological polar surface area (TPSA) is 228 Å².